The SMILES string of the molecule is c1ccc(-c2ccc(-c3ccccc3N(c3cccc(-c4ccccc4)c3)c3cccc(-c4cccc5ccccc45)c3)cc2)cc1. The van der Waals surface area contributed by atoms with Crippen LogP contribution in [0.4, 0.5) is 17.1 Å². The molecule has 0 aliphatic heterocycles. The molecular formula is C46H33N. The molecule has 0 spiro atoms. The van der Waals surface area contributed by atoms with Crippen LogP contribution in [0.1, 0.15) is 0 Å². The second-order valence-electron chi connectivity index (χ2n) is 11.8. The Morgan fingerprint density at radius 3 is 1.49 bits per heavy atom. The van der Waals surface area contributed by atoms with E-state index in [-0.39, 0.29) is 0 Å². The largest absolute Gasteiger partial charge is 0.310 e. The van der Waals surface area contributed by atoms with E-state index in [9.17, 15) is 0 Å². The number of nitrogens with zero attached hydrogens (tertiary/aromatic N) is 1. The van der Waals surface area contributed by atoms with Crippen LogP contribution in [0.25, 0.3) is 55.3 Å². The smallest absolute Gasteiger partial charge is 0.0540 e. The molecule has 8 aromatic rings. The van der Waals surface area contributed by atoms with Crippen molar-refractivity contribution < 1.29 is 0 Å². The highest BCUT2D eigenvalue weighted by molar-refractivity contribution is 5.98. The summed E-state index contributed by atoms with van der Waals surface area (Å²) >= 11 is 0. The minimum absolute atomic E-state index is 1.11. The lowest BCUT2D eigenvalue weighted by atomic mass is 9.96. The fourth-order valence-electron chi connectivity index (χ4n) is 6.56. The summed E-state index contributed by atoms with van der Waals surface area (Å²) in [5, 5.41) is 2.50. The molecule has 0 saturated heterocycles. The zero-order chi connectivity index (χ0) is 31.4. The maximum Gasteiger partial charge on any atom is 0.0540 e. The molecule has 47 heavy (non-hydrogen) atoms. The summed E-state index contributed by atoms with van der Waals surface area (Å²) in [5.41, 5.74) is 12.9. The fraction of sp³-hybridized carbons (Fsp3) is 0. The number of hydrogen-bond donors (Lipinski definition) is 0. The van der Waals surface area contributed by atoms with Gasteiger partial charge in [0.05, 0.1) is 5.69 Å². The van der Waals surface area contributed by atoms with Crippen LogP contribution in [0.15, 0.2) is 200 Å². The topological polar surface area (TPSA) is 3.24 Å². The van der Waals surface area contributed by atoms with Crippen LogP contribution in [0.5, 0.6) is 0 Å². The van der Waals surface area contributed by atoms with Crippen molar-refractivity contribution in [1.82, 2.24) is 0 Å². The minimum atomic E-state index is 1.11. The van der Waals surface area contributed by atoms with E-state index in [1.165, 1.54) is 55.3 Å². The van der Waals surface area contributed by atoms with Crippen LogP contribution < -0.4 is 4.90 Å². The van der Waals surface area contributed by atoms with E-state index in [0.29, 0.717) is 0 Å². The van der Waals surface area contributed by atoms with Crippen LogP contribution >= 0.6 is 0 Å². The molecule has 0 aliphatic rings. The highest BCUT2D eigenvalue weighted by Gasteiger charge is 2.19. The molecule has 0 heterocycles. The first-order valence-electron chi connectivity index (χ1n) is 16.1. The second-order valence-corrected chi connectivity index (χ2v) is 11.8. The lowest BCUT2D eigenvalue weighted by Gasteiger charge is -2.29. The third-order valence-corrected chi connectivity index (χ3v) is 8.86. The van der Waals surface area contributed by atoms with Crippen molar-refractivity contribution >= 4 is 27.8 Å². The van der Waals surface area contributed by atoms with Crippen LogP contribution in [-0.2, 0) is 0 Å². The third kappa shape index (κ3) is 5.72. The lowest BCUT2D eigenvalue weighted by molar-refractivity contribution is 1.28. The molecular weight excluding hydrogens is 567 g/mol. The van der Waals surface area contributed by atoms with Crippen molar-refractivity contribution in [2.75, 3.05) is 4.90 Å². The van der Waals surface area contributed by atoms with Crippen LogP contribution in [0.3, 0.4) is 0 Å². The number of rotatable bonds is 7. The molecule has 0 atom stereocenters. The molecule has 0 bridgehead atoms. The Balaban J connectivity index is 1.29. The summed E-state index contributed by atoms with van der Waals surface area (Å²) in [6.07, 6.45) is 0. The molecule has 0 N–H and O–H groups in total. The maximum atomic E-state index is 2.40. The first-order valence-corrected chi connectivity index (χ1v) is 16.1. The monoisotopic (exact) mass is 599 g/mol. The van der Waals surface area contributed by atoms with Gasteiger partial charge in [-0.15, -0.1) is 0 Å². The average molecular weight is 600 g/mol. The Morgan fingerprint density at radius 2 is 0.745 bits per heavy atom. The third-order valence-electron chi connectivity index (χ3n) is 8.86. The van der Waals surface area contributed by atoms with Gasteiger partial charge in [0.25, 0.3) is 0 Å². The summed E-state index contributed by atoms with van der Waals surface area (Å²) in [6, 6.07) is 71.9. The predicted molar refractivity (Wildman–Crippen MR) is 200 cm³/mol. The first-order chi connectivity index (χ1) is 23.3. The molecule has 8 aromatic carbocycles. The van der Waals surface area contributed by atoms with Gasteiger partial charge < -0.3 is 4.90 Å². The van der Waals surface area contributed by atoms with Crippen LogP contribution in [-0.4, -0.2) is 0 Å². The van der Waals surface area contributed by atoms with E-state index >= 15 is 0 Å². The normalized spacial score (nSPS) is 11.0. The zero-order valence-corrected chi connectivity index (χ0v) is 26.0. The van der Waals surface area contributed by atoms with Gasteiger partial charge in [-0.05, 0) is 80.0 Å². The molecule has 0 fully saturated rings. The number of hydrogen-bond acceptors (Lipinski definition) is 1. The van der Waals surface area contributed by atoms with E-state index < -0.39 is 0 Å². The van der Waals surface area contributed by atoms with Crippen LogP contribution in [0, 0.1) is 0 Å². The van der Waals surface area contributed by atoms with Crippen molar-refractivity contribution in [2.45, 2.75) is 0 Å². The van der Waals surface area contributed by atoms with E-state index in [4.69, 9.17) is 0 Å². The highest BCUT2D eigenvalue weighted by Crippen LogP contribution is 2.43. The van der Waals surface area contributed by atoms with Gasteiger partial charge in [-0.2, -0.15) is 0 Å². The molecule has 0 aliphatic carbocycles. The van der Waals surface area contributed by atoms with Crippen LogP contribution in [0.2, 0.25) is 0 Å². The summed E-state index contributed by atoms with van der Waals surface area (Å²) in [5.74, 6) is 0. The summed E-state index contributed by atoms with van der Waals surface area (Å²) in [4.78, 5) is 2.40. The Morgan fingerprint density at radius 1 is 0.277 bits per heavy atom. The molecule has 1 nitrogen and oxygen atoms in total. The second kappa shape index (κ2) is 12.7. The molecule has 0 unspecified atom stereocenters. The Kier molecular flexibility index (Phi) is 7.63. The molecule has 1 heteroatoms. The Hall–Kier alpha value is -6.18. The van der Waals surface area contributed by atoms with Crippen molar-refractivity contribution in [1.29, 1.82) is 0 Å². The van der Waals surface area contributed by atoms with E-state index in [1.807, 2.05) is 0 Å². The van der Waals surface area contributed by atoms with Gasteiger partial charge in [-0.25, -0.2) is 0 Å². The standard InChI is InChI=1S/C46H33N/c1-3-14-34(15-4-1)36-28-30-38(31-29-36)45-25-9-10-27-46(45)47(41-22-11-20-39(32-41)35-16-5-2-6-17-35)42-23-12-21-40(33-42)44-26-13-19-37-18-7-8-24-43(37)44/h1-33H. The fourth-order valence-corrected chi connectivity index (χ4v) is 6.56. The molecule has 8 rings (SSSR count). The van der Waals surface area contributed by atoms with Gasteiger partial charge in [0.15, 0.2) is 0 Å². The van der Waals surface area contributed by atoms with Gasteiger partial charge in [-0.1, -0.05) is 170 Å². The molecule has 0 saturated carbocycles. The Bertz CT molecular complexity index is 2280. The maximum absolute atomic E-state index is 2.40. The van der Waals surface area contributed by atoms with E-state index in [0.717, 1.165) is 17.1 Å². The van der Waals surface area contributed by atoms with Crippen molar-refractivity contribution in [3.8, 4) is 44.5 Å². The zero-order valence-electron chi connectivity index (χ0n) is 26.0. The van der Waals surface area contributed by atoms with Crippen molar-refractivity contribution in [3.63, 3.8) is 0 Å². The number of fused-ring (bicyclic) bond motifs is 1. The molecule has 222 valence electrons. The summed E-state index contributed by atoms with van der Waals surface area (Å²) < 4.78 is 0. The summed E-state index contributed by atoms with van der Waals surface area (Å²) in [7, 11) is 0. The predicted octanol–water partition coefficient (Wildman–Crippen LogP) is 13.0. The van der Waals surface area contributed by atoms with Gasteiger partial charge in [0.2, 0.25) is 0 Å². The quantitative estimate of drug-likeness (QED) is 0.176. The van der Waals surface area contributed by atoms with Gasteiger partial charge in [0.1, 0.15) is 0 Å². The molecule has 0 aromatic heterocycles. The lowest BCUT2D eigenvalue weighted by Crippen LogP contribution is -2.11. The van der Waals surface area contributed by atoms with E-state index in [2.05, 4.69) is 205 Å². The minimum Gasteiger partial charge on any atom is -0.310 e. The first kappa shape index (κ1) is 28.3. The van der Waals surface area contributed by atoms with Gasteiger partial charge in [-0.3, -0.25) is 0 Å². The van der Waals surface area contributed by atoms with E-state index in [1.54, 1.807) is 0 Å². The van der Waals surface area contributed by atoms with Crippen molar-refractivity contribution in [3.05, 3.63) is 200 Å². The number of anilines is 3. The number of para-hydroxylation sites is 1. The van der Waals surface area contributed by atoms with Crippen molar-refractivity contribution in [2.24, 2.45) is 0 Å². The molecule has 0 radical (unpaired) electrons. The number of benzene rings is 8. The van der Waals surface area contributed by atoms with Gasteiger partial charge in [0, 0.05) is 16.9 Å². The summed E-state index contributed by atoms with van der Waals surface area (Å²) in [6.45, 7) is 0. The Labute approximate surface area is 276 Å². The highest BCUT2D eigenvalue weighted by atomic mass is 15.1. The molecule has 0 amide bonds. The van der Waals surface area contributed by atoms with Gasteiger partial charge >= 0.3 is 0 Å². The average Bonchev–Trinajstić information content (AvgIpc) is 3.16.